The summed E-state index contributed by atoms with van der Waals surface area (Å²) in [4.78, 5) is 13.1. The van der Waals surface area contributed by atoms with Crippen molar-refractivity contribution in [1.29, 1.82) is 0 Å². The summed E-state index contributed by atoms with van der Waals surface area (Å²) in [6.07, 6.45) is 2.69. The van der Waals surface area contributed by atoms with Crippen LogP contribution in [0.4, 0.5) is 0 Å². The van der Waals surface area contributed by atoms with E-state index in [1.165, 1.54) is 0 Å². The van der Waals surface area contributed by atoms with Gasteiger partial charge in [0.1, 0.15) is 6.04 Å². The van der Waals surface area contributed by atoms with Crippen LogP contribution >= 0.6 is 0 Å². The molecule has 0 bridgehead atoms. The molecule has 0 aromatic carbocycles. The van der Waals surface area contributed by atoms with Crippen LogP contribution in [-0.2, 0) is 9.53 Å². The minimum absolute atomic E-state index is 0.218. The van der Waals surface area contributed by atoms with Gasteiger partial charge in [0.05, 0.1) is 12.2 Å². The van der Waals surface area contributed by atoms with Crippen molar-refractivity contribution in [1.82, 2.24) is 10.2 Å². The number of nitrogens with one attached hydrogen (secondary N) is 1. The Bertz CT molecular complexity index is 260. The van der Waals surface area contributed by atoms with E-state index in [-0.39, 0.29) is 6.10 Å². The molecule has 2 fully saturated rings. The van der Waals surface area contributed by atoms with Gasteiger partial charge in [0.25, 0.3) is 0 Å². The van der Waals surface area contributed by atoms with Gasteiger partial charge in [0.2, 0.25) is 0 Å². The first kappa shape index (κ1) is 11.8. The number of carboxylic acids is 1. The summed E-state index contributed by atoms with van der Waals surface area (Å²) in [7, 11) is 0. The average molecular weight is 228 g/mol. The summed E-state index contributed by atoms with van der Waals surface area (Å²) in [5, 5.41) is 12.2. The highest BCUT2D eigenvalue weighted by molar-refractivity contribution is 5.74. The molecule has 16 heavy (non-hydrogen) atoms. The molecule has 5 heteroatoms. The van der Waals surface area contributed by atoms with E-state index < -0.39 is 12.0 Å². The number of piperazine rings is 1. The number of hydrogen-bond acceptors (Lipinski definition) is 4. The Morgan fingerprint density at radius 1 is 1.56 bits per heavy atom. The highest BCUT2D eigenvalue weighted by Gasteiger charge is 2.32. The zero-order valence-electron chi connectivity index (χ0n) is 9.69. The molecule has 2 N–H and O–H groups in total. The number of nitrogens with zero attached hydrogens (tertiary/aromatic N) is 1. The summed E-state index contributed by atoms with van der Waals surface area (Å²) in [6.45, 7) is 5.03. The molecule has 2 aliphatic rings. The standard InChI is InChI=1S/C11H20N2O3/c1-8-2-3-9(16-8)7-13-5-4-12-6-10(13)11(14)15/h8-10,12H,2-7H2,1H3,(H,14,15). The van der Waals surface area contributed by atoms with E-state index in [1.54, 1.807) is 0 Å². The first-order valence-electron chi connectivity index (χ1n) is 6.00. The summed E-state index contributed by atoms with van der Waals surface area (Å²) in [5.41, 5.74) is 0. The summed E-state index contributed by atoms with van der Waals surface area (Å²) < 4.78 is 5.74. The molecule has 0 aromatic rings. The molecule has 2 rings (SSSR count). The molecule has 2 heterocycles. The third-order valence-corrected chi connectivity index (χ3v) is 3.40. The average Bonchev–Trinajstić information content (AvgIpc) is 2.64. The zero-order valence-corrected chi connectivity index (χ0v) is 9.69. The zero-order chi connectivity index (χ0) is 11.5. The predicted octanol–water partition coefficient (Wildman–Crippen LogP) is -0.0877. The summed E-state index contributed by atoms with van der Waals surface area (Å²) in [6, 6.07) is -0.395. The number of hydrogen-bond donors (Lipinski definition) is 2. The van der Waals surface area contributed by atoms with Gasteiger partial charge in [0.15, 0.2) is 0 Å². The van der Waals surface area contributed by atoms with Crippen LogP contribution < -0.4 is 5.32 Å². The molecule has 92 valence electrons. The number of carbonyl (C=O) groups is 1. The van der Waals surface area contributed by atoms with Gasteiger partial charge in [-0.3, -0.25) is 9.69 Å². The summed E-state index contributed by atoms with van der Waals surface area (Å²) >= 11 is 0. The van der Waals surface area contributed by atoms with Gasteiger partial charge in [-0.2, -0.15) is 0 Å². The van der Waals surface area contributed by atoms with Crippen LogP contribution in [0.5, 0.6) is 0 Å². The van der Waals surface area contributed by atoms with Crippen molar-refractivity contribution >= 4 is 5.97 Å². The molecule has 2 aliphatic heterocycles. The number of carboxylic acid groups (broad SMARTS) is 1. The number of aliphatic carboxylic acids is 1. The van der Waals surface area contributed by atoms with Crippen molar-refractivity contribution in [2.45, 2.75) is 38.0 Å². The third kappa shape index (κ3) is 2.72. The van der Waals surface area contributed by atoms with E-state index >= 15 is 0 Å². The van der Waals surface area contributed by atoms with Crippen molar-refractivity contribution < 1.29 is 14.6 Å². The van der Waals surface area contributed by atoms with Crippen LogP contribution in [0, 0.1) is 0 Å². The smallest absolute Gasteiger partial charge is 0.322 e. The van der Waals surface area contributed by atoms with Crippen LogP contribution in [0.2, 0.25) is 0 Å². The van der Waals surface area contributed by atoms with Crippen LogP contribution in [0.1, 0.15) is 19.8 Å². The lowest BCUT2D eigenvalue weighted by Crippen LogP contribution is -2.56. The largest absolute Gasteiger partial charge is 0.480 e. The van der Waals surface area contributed by atoms with Gasteiger partial charge in [-0.25, -0.2) is 0 Å². The maximum atomic E-state index is 11.1. The monoisotopic (exact) mass is 228 g/mol. The highest BCUT2D eigenvalue weighted by Crippen LogP contribution is 2.20. The molecule has 0 aromatic heterocycles. The van der Waals surface area contributed by atoms with Crippen LogP contribution in [0.15, 0.2) is 0 Å². The maximum absolute atomic E-state index is 11.1. The fraction of sp³-hybridized carbons (Fsp3) is 0.909. The highest BCUT2D eigenvalue weighted by atomic mass is 16.5. The Hall–Kier alpha value is -0.650. The third-order valence-electron chi connectivity index (χ3n) is 3.40. The molecule has 0 spiro atoms. The molecule has 0 saturated carbocycles. The van der Waals surface area contributed by atoms with Crippen molar-refractivity contribution in [3.63, 3.8) is 0 Å². The van der Waals surface area contributed by atoms with Crippen molar-refractivity contribution in [3.05, 3.63) is 0 Å². The molecule has 2 saturated heterocycles. The fourth-order valence-corrected chi connectivity index (χ4v) is 2.49. The van der Waals surface area contributed by atoms with Gasteiger partial charge in [-0.1, -0.05) is 0 Å². The molecule has 3 unspecified atom stereocenters. The topological polar surface area (TPSA) is 61.8 Å². The SMILES string of the molecule is CC1CCC(CN2CCNCC2C(=O)O)O1. The second-order valence-corrected chi connectivity index (χ2v) is 4.70. The lowest BCUT2D eigenvalue weighted by Gasteiger charge is -2.34. The Morgan fingerprint density at radius 3 is 3.00 bits per heavy atom. The Labute approximate surface area is 95.8 Å². The Kier molecular flexibility index (Phi) is 3.78. The van der Waals surface area contributed by atoms with Crippen LogP contribution in [-0.4, -0.2) is 60.4 Å². The molecular weight excluding hydrogens is 208 g/mol. The fourth-order valence-electron chi connectivity index (χ4n) is 2.49. The van der Waals surface area contributed by atoms with Crippen molar-refractivity contribution in [2.24, 2.45) is 0 Å². The number of ether oxygens (including phenoxy) is 1. The van der Waals surface area contributed by atoms with Gasteiger partial charge in [-0.15, -0.1) is 0 Å². The van der Waals surface area contributed by atoms with E-state index in [2.05, 4.69) is 12.2 Å². The molecular formula is C11H20N2O3. The van der Waals surface area contributed by atoms with Gasteiger partial charge in [-0.05, 0) is 19.8 Å². The second kappa shape index (κ2) is 5.12. The van der Waals surface area contributed by atoms with E-state index in [0.29, 0.717) is 12.6 Å². The van der Waals surface area contributed by atoms with Gasteiger partial charge < -0.3 is 15.2 Å². The van der Waals surface area contributed by atoms with Crippen molar-refractivity contribution in [3.8, 4) is 0 Å². The maximum Gasteiger partial charge on any atom is 0.322 e. The first-order chi connectivity index (χ1) is 7.66. The van der Waals surface area contributed by atoms with E-state index in [1.807, 2.05) is 4.90 Å². The Morgan fingerprint density at radius 2 is 2.38 bits per heavy atom. The first-order valence-corrected chi connectivity index (χ1v) is 6.00. The predicted molar refractivity (Wildman–Crippen MR) is 59.4 cm³/mol. The van der Waals surface area contributed by atoms with Gasteiger partial charge >= 0.3 is 5.97 Å². The quantitative estimate of drug-likeness (QED) is 0.707. The van der Waals surface area contributed by atoms with E-state index in [4.69, 9.17) is 9.84 Å². The van der Waals surface area contributed by atoms with Crippen molar-refractivity contribution in [2.75, 3.05) is 26.2 Å². The molecule has 5 nitrogen and oxygen atoms in total. The lowest BCUT2D eigenvalue weighted by molar-refractivity contribution is -0.144. The minimum Gasteiger partial charge on any atom is -0.480 e. The normalized spacial score (nSPS) is 36.4. The molecule has 0 amide bonds. The second-order valence-electron chi connectivity index (χ2n) is 4.70. The Balaban J connectivity index is 1.88. The minimum atomic E-state index is -0.738. The van der Waals surface area contributed by atoms with Gasteiger partial charge in [0, 0.05) is 26.2 Å². The van der Waals surface area contributed by atoms with E-state index in [9.17, 15) is 4.79 Å². The van der Waals surface area contributed by atoms with E-state index in [0.717, 1.165) is 32.5 Å². The van der Waals surface area contributed by atoms with Crippen LogP contribution in [0.3, 0.4) is 0 Å². The number of rotatable bonds is 3. The van der Waals surface area contributed by atoms with Crippen LogP contribution in [0.25, 0.3) is 0 Å². The molecule has 0 aliphatic carbocycles. The lowest BCUT2D eigenvalue weighted by atomic mass is 10.1. The summed E-state index contributed by atoms with van der Waals surface area (Å²) in [5.74, 6) is -0.738. The molecule has 3 atom stereocenters. The molecule has 0 radical (unpaired) electrons.